The maximum absolute atomic E-state index is 13.1. The standard InChI is InChI=1S/C23H20ClF3N2O3/c1-4-9-32-21-19(24)11-15(12-20(21)31-5-2)10-18-14(3)28-29(22(18)30)17-8-6-7-16(13-17)23(25,26)27/h4,6-8,10-13H,1,5,9H2,2-3H3. The van der Waals surface area contributed by atoms with E-state index in [0.717, 1.165) is 17.1 Å². The smallest absolute Gasteiger partial charge is 0.416 e. The topological polar surface area (TPSA) is 51.1 Å². The molecule has 0 atom stereocenters. The van der Waals surface area contributed by atoms with Crippen LogP contribution in [0.2, 0.25) is 5.02 Å². The van der Waals surface area contributed by atoms with Crippen LogP contribution in [0.5, 0.6) is 11.5 Å². The van der Waals surface area contributed by atoms with E-state index < -0.39 is 17.6 Å². The SMILES string of the molecule is C=CCOc1c(Cl)cc(C=C2C(=O)N(c3cccc(C(F)(F)F)c3)N=C2C)cc1OCC. The van der Waals surface area contributed by atoms with Gasteiger partial charge in [-0.15, -0.1) is 0 Å². The van der Waals surface area contributed by atoms with Crippen molar-refractivity contribution in [3.63, 3.8) is 0 Å². The van der Waals surface area contributed by atoms with Gasteiger partial charge in [-0.1, -0.05) is 30.3 Å². The van der Waals surface area contributed by atoms with Gasteiger partial charge in [0.05, 0.1) is 34.2 Å². The summed E-state index contributed by atoms with van der Waals surface area (Å²) in [5.74, 6) is 0.190. The molecule has 0 saturated carbocycles. The second-order valence-electron chi connectivity index (χ2n) is 6.77. The van der Waals surface area contributed by atoms with Crippen molar-refractivity contribution in [1.29, 1.82) is 0 Å². The van der Waals surface area contributed by atoms with Crippen LogP contribution >= 0.6 is 11.6 Å². The summed E-state index contributed by atoms with van der Waals surface area (Å²) in [6, 6.07) is 7.70. The van der Waals surface area contributed by atoms with Gasteiger partial charge in [0.15, 0.2) is 11.5 Å². The average Bonchev–Trinajstić information content (AvgIpc) is 3.01. The first-order valence-corrected chi connectivity index (χ1v) is 10.0. The number of benzene rings is 2. The molecule has 2 aromatic rings. The van der Waals surface area contributed by atoms with Crippen molar-refractivity contribution >= 4 is 35.0 Å². The molecule has 2 aromatic carbocycles. The number of hydrogen-bond acceptors (Lipinski definition) is 4. The minimum Gasteiger partial charge on any atom is -0.490 e. The van der Waals surface area contributed by atoms with E-state index in [-0.39, 0.29) is 22.9 Å². The third kappa shape index (κ3) is 4.96. The molecule has 0 aliphatic carbocycles. The van der Waals surface area contributed by atoms with Crippen LogP contribution in [0.25, 0.3) is 6.08 Å². The molecule has 168 valence electrons. The largest absolute Gasteiger partial charge is 0.490 e. The Morgan fingerprint density at radius 2 is 1.97 bits per heavy atom. The lowest BCUT2D eigenvalue weighted by Crippen LogP contribution is -2.21. The van der Waals surface area contributed by atoms with Gasteiger partial charge in [0, 0.05) is 0 Å². The highest BCUT2D eigenvalue weighted by Gasteiger charge is 2.33. The molecule has 9 heteroatoms. The van der Waals surface area contributed by atoms with Crippen molar-refractivity contribution in [2.24, 2.45) is 5.10 Å². The van der Waals surface area contributed by atoms with E-state index in [0.29, 0.717) is 29.4 Å². The van der Waals surface area contributed by atoms with Crippen LogP contribution in [0, 0.1) is 0 Å². The molecular formula is C23H20ClF3N2O3. The fourth-order valence-corrected chi connectivity index (χ4v) is 3.33. The molecule has 0 bridgehead atoms. The van der Waals surface area contributed by atoms with Gasteiger partial charge < -0.3 is 9.47 Å². The normalized spacial score (nSPS) is 15.2. The highest BCUT2D eigenvalue weighted by atomic mass is 35.5. The molecule has 3 rings (SSSR count). The number of ether oxygens (including phenoxy) is 2. The molecule has 1 heterocycles. The number of nitrogens with zero attached hydrogens (tertiary/aromatic N) is 2. The summed E-state index contributed by atoms with van der Waals surface area (Å²) in [7, 11) is 0. The number of carbonyl (C=O) groups excluding carboxylic acids is 1. The van der Waals surface area contributed by atoms with Crippen LogP contribution < -0.4 is 14.5 Å². The molecule has 0 spiro atoms. The van der Waals surface area contributed by atoms with E-state index in [1.54, 1.807) is 38.1 Å². The lowest BCUT2D eigenvalue weighted by atomic mass is 10.1. The number of amides is 1. The van der Waals surface area contributed by atoms with Gasteiger partial charge in [0.25, 0.3) is 5.91 Å². The molecular weight excluding hydrogens is 445 g/mol. The summed E-state index contributed by atoms with van der Waals surface area (Å²) in [4.78, 5) is 12.9. The molecule has 0 aromatic heterocycles. The van der Waals surface area contributed by atoms with E-state index in [4.69, 9.17) is 21.1 Å². The van der Waals surface area contributed by atoms with Crippen molar-refractivity contribution in [2.75, 3.05) is 18.2 Å². The molecule has 0 radical (unpaired) electrons. The van der Waals surface area contributed by atoms with Crippen LogP contribution in [0.4, 0.5) is 18.9 Å². The van der Waals surface area contributed by atoms with Gasteiger partial charge in [0.1, 0.15) is 6.61 Å². The average molecular weight is 465 g/mol. The number of hydrazone groups is 1. The summed E-state index contributed by atoms with van der Waals surface area (Å²) >= 11 is 6.35. The second-order valence-corrected chi connectivity index (χ2v) is 7.18. The lowest BCUT2D eigenvalue weighted by Gasteiger charge is -2.15. The van der Waals surface area contributed by atoms with Gasteiger partial charge in [0.2, 0.25) is 0 Å². The van der Waals surface area contributed by atoms with Gasteiger partial charge in [-0.2, -0.15) is 23.3 Å². The Hall–Kier alpha value is -3.26. The minimum absolute atomic E-state index is 0.0220. The van der Waals surface area contributed by atoms with Gasteiger partial charge >= 0.3 is 6.18 Å². The van der Waals surface area contributed by atoms with Crippen LogP contribution in [0.1, 0.15) is 25.0 Å². The van der Waals surface area contributed by atoms with Gasteiger partial charge in [-0.3, -0.25) is 4.79 Å². The molecule has 0 saturated heterocycles. The summed E-state index contributed by atoms with van der Waals surface area (Å²) in [5.41, 5.74) is 0.285. The predicted octanol–water partition coefficient (Wildman–Crippen LogP) is 6.13. The van der Waals surface area contributed by atoms with Crippen LogP contribution in [0.15, 0.2) is 59.7 Å². The Morgan fingerprint density at radius 1 is 1.22 bits per heavy atom. The zero-order valence-electron chi connectivity index (χ0n) is 17.4. The van der Waals surface area contributed by atoms with Gasteiger partial charge in [-0.05, 0) is 55.8 Å². The number of carbonyl (C=O) groups is 1. The van der Waals surface area contributed by atoms with Crippen molar-refractivity contribution in [3.8, 4) is 11.5 Å². The van der Waals surface area contributed by atoms with E-state index in [2.05, 4.69) is 11.7 Å². The maximum atomic E-state index is 13.1. The Morgan fingerprint density at radius 3 is 2.62 bits per heavy atom. The van der Waals surface area contributed by atoms with E-state index in [1.165, 1.54) is 12.1 Å². The third-order valence-electron chi connectivity index (χ3n) is 4.47. The third-order valence-corrected chi connectivity index (χ3v) is 4.75. The Kier molecular flexibility index (Phi) is 6.93. The molecule has 1 aliphatic rings. The zero-order valence-corrected chi connectivity index (χ0v) is 18.1. The summed E-state index contributed by atoms with van der Waals surface area (Å²) < 4.78 is 50.3. The number of alkyl halides is 3. The molecule has 1 aliphatic heterocycles. The maximum Gasteiger partial charge on any atom is 0.416 e. The number of rotatable bonds is 7. The van der Waals surface area contributed by atoms with Crippen molar-refractivity contribution < 1.29 is 27.4 Å². The molecule has 32 heavy (non-hydrogen) atoms. The van der Waals surface area contributed by atoms with Gasteiger partial charge in [-0.25, -0.2) is 0 Å². The Labute approximate surface area is 188 Å². The summed E-state index contributed by atoms with van der Waals surface area (Å²) in [6.45, 7) is 7.60. The minimum atomic E-state index is -4.53. The van der Waals surface area contributed by atoms with Crippen LogP contribution in [-0.4, -0.2) is 24.8 Å². The van der Waals surface area contributed by atoms with Crippen molar-refractivity contribution in [2.45, 2.75) is 20.0 Å². The fraction of sp³-hybridized carbons (Fsp3) is 0.217. The summed E-state index contributed by atoms with van der Waals surface area (Å²) in [5, 5.41) is 5.37. The van der Waals surface area contributed by atoms with Crippen molar-refractivity contribution in [1.82, 2.24) is 0 Å². The first-order valence-electron chi connectivity index (χ1n) is 9.64. The monoisotopic (exact) mass is 464 g/mol. The van der Waals surface area contributed by atoms with Crippen LogP contribution in [-0.2, 0) is 11.0 Å². The quantitative estimate of drug-likeness (QED) is 0.366. The Bertz CT molecular complexity index is 1110. The van der Waals surface area contributed by atoms with E-state index in [9.17, 15) is 18.0 Å². The number of hydrogen-bond donors (Lipinski definition) is 0. The molecule has 1 amide bonds. The van der Waals surface area contributed by atoms with E-state index in [1.807, 2.05) is 0 Å². The molecule has 0 unspecified atom stereocenters. The highest BCUT2D eigenvalue weighted by molar-refractivity contribution is 6.33. The van der Waals surface area contributed by atoms with E-state index >= 15 is 0 Å². The first-order chi connectivity index (χ1) is 15.2. The molecule has 5 nitrogen and oxygen atoms in total. The van der Waals surface area contributed by atoms with Crippen LogP contribution in [0.3, 0.4) is 0 Å². The molecule has 0 fully saturated rings. The molecule has 0 N–H and O–H groups in total. The highest BCUT2D eigenvalue weighted by Crippen LogP contribution is 2.38. The number of halogens is 4. The predicted molar refractivity (Wildman–Crippen MR) is 118 cm³/mol. The summed E-state index contributed by atoms with van der Waals surface area (Å²) in [6.07, 6.45) is -1.40. The zero-order chi connectivity index (χ0) is 23.5. The second kappa shape index (κ2) is 9.48. The Balaban J connectivity index is 1.96. The lowest BCUT2D eigenvalue weighted by molar-refractivity contribution is -0.137. The van der Waals surface area contributed by atoms with Crippen molar-refractivity contribution in [3.05, 3.63) is 70.8 Å². The first kappa shape index (κ1) is 23.4. The number of anilines is 1. The fourth-order valence-electron chi connectivity index (χ4n) is 3.06.